The molecule has 5 atom stereocenters. The maximum absolute atomic E-state index is 13.2. The fourth-order valence-corrected chi connectivity index (χ4v) is 4.83. The first-order valence-electron chi connectivity index (χ1n) is 13.7. The number of carbonyl (C=O) groups is 4. The van der Waals surface area contributed by atoms with E-state index in [9.17, 15) is 19.2 Å². The van der Waals surface area contributed by atoms with Gasteiger partial charge in [0.15, 0.2) is 23.9 Å². The van der Waals surface area contributed by atoms with E-state index >= 15 is 0 Å². The molecular weight excluding hydrogens is 588 g/mol. The molecule has 1 aliphatic heterocycles. The van der Waals surface area contributed by atoms with Crippen molar-refractivity contribution in [1.29, 1.82) is 0 Å². The first-order valence-corrected chi connectivity index (χ1v) is 14.1. The lowest BCUT2D eigenvalue weighted by Gasteiger charge is -2.28. The number of rotatable bonds is 10. The summed E-state index contributed by atoms with van der Waals surface area (Å²) in [6.45, 7) is -0.487. The summed E-state index contributed by atoms with van der Waals surface area (Å²) < 4.78 is 28.8. The second-order valence-electron chi connectivity index (χ2n) is 9.70. The van der Waals surface area contributed by atoms with Crippen molar-refractivity contribution in [1.82, 2.24) is 0 Å². The Morgan fingerprint density at radius 3 is 1.41 bits per heavy atom. The van der Waals surface area contributed by atoms with Crippen LogP contribution in [-0.4, -0.2) is 60.5 Å². The van der Waals surface area contributed by atoms with E-state index in [2.05, 4.69) is 0 Å². The predicted molar refractivity (Wildman–Crippen MR) is 158 cm³/mol. The predicted octanol–water partition coefficient (Wildman–Crippen LogP) is 5.48. The molecule has 1 heterocycles. The Labute approximate surface area is 258 Å². The Morgan fingerprint density at radius 1 is 0.568 bits per heavy atom. The van der Waals surface area contributed by atoms with Crippen LogP contribution in [0.5, 0.6) is 0 Å². The van der Waals surface area contributed by atoms with E-state index in [4.69, 9.17) is 35.3 Å². The molecule has 4 aromatic carbocycles. The number of hydrogen-bond donors (Lipinski definition) is 0. The van der Waals surface area contributed by atoms with Gasteiger partial charge < -0.3 is 23.7 Å². The zero-order chi connectivity index (χ0) is 30.9. The minimum absolute atomic E-state index is 0.214. The van der Waals surface area contributed by atoms with Gasteiger partial charge in [0, 0.05) is 0 Å². The van der Waals surface area contributed by atoms with Gasteiger partial charge in [-0.15, -0.1) is 0 Å². The fourth-order valence-electron chi connectivity index (χ4n) is 4.52. The summed E-state index contributed by atoms with van der Waals surface area (Å²) in [5, 5.41) is 0. The average molecular weight is 615 g/mol. The molecular formula is C34H27ClO9. The molecule has 0 saturated carbocycles. The maximum Gasteiger partial charge on any atom is 0.338 e. The average Bonchev–Trinajstić information content (AvgIpc) is 3.37. The minimum atomic E-state index is -1.36. The van der Waals surface area contributed by atoms with Gasteiger partial charge in [-0.1, -0.05) is 84.4 Å². The number of hydrogen-bond acceptors (Lipinski definition) is 9. The van der Waals surface area contributed by atoms with E-state index in [1.54, 1.807) is 121 Å². The van der Waals surface area contributed by atoms with Crippen LogP contribution in [0.4, 0.5) is 0 Å². The third-order valence-electron chi connectivity index (χ3n) is 6.72. The van der Waals surface area contributed by atoms with Crippen molar-refractivity contribution in [2.45, 2.75) is 30.0 Å². The van der Waals surface area contributed by atoms with Crippen LogP contribution >= 0.6 is 11.6 Å². The van der Waals surface area contributed by atoms with Crippen molar-refractivity contribution >= 4 is 35.5 Å². The molecule has 0 N–H and O–H groups in total. The van der Waals surface area contributed by atoms with Gasteiger partial charge >= 0.3 is 23.9 Å². The van der Waals surface area contributed by atoms with Gasteiger partial charge in [-0.2, -0.15) is 0 Å². The smallest absolute Gasteiger partial charge is 0.338 e. The van der Waals surface area contributed by atoms with Gasteiger partial charge in [-0.3, -0.25) is 0 Å². The van der Waals surface area contributed by atoms with E-state index in [-0.39, 0.29) is 22.3 Å². The standard InChI is InChI=1S/C34H27ClO9/c35-30-29(44-34(39)25-19-11-4-12-20-25)28(43-33(38)24-17-9-3-10-18-24)27(42-30)26(41-32(37)23-15-7-2-8-16-23)21-40-31(36)22-13-5-1-6-14-22/h1-20,26-30H,21H2/t26-,27+,28+,29-,30?/m1/s1. The van der Waals surface area contributed by atoms with Gasteiger partial charge in [0.05, 0.1) is 22.3 Å². The molecule has 10 heteroatoms. The van der Waals surface area contributed by atoms with Gasteiger partial charge in [-0.25, -0.2) is 19.2 Å². The molecule has 1 unspecified atom stereocenters. The first kappa shape index (κ1) is 30.5. The number of benzene rings is 4. The zero-order valence-corrected chi connectivity index (χ0v) is 23.9. The maximum atomic E-state index is 13.2. The molecule has 0 amide bonds. The Kier molecular flexibility index (Phi) is 10.0. The Bertz CT molecular complexity index is 1570. The highest BCUT2D eigenvalue weighted by Gasteiger charge is 2.53. The Morgan fingerprint density at radius 2 is 0.955 bits per heavy atom. The quantitative estimate of drug-likeness (QED) is 0.130. The molecule has 44 heavy (non-hydrogen) atoms. The topological polar surface area (TPSA) is 114 Å². The number of esters is 4. The number of ether oxygens (including phenoxy) is 5. The number of halogens is 1. The molecule has 5 rings (SSSR count). The molecule has 0 aromatic heterocycles. The fraction of sp³-hybridized carbons (Fsp3) is 0.176. The monoisotopic (exact) mass is 614 g/mol. The van der Waals surface area contributed by atoms with Crippen LogP contribution in [0.2, 0.25) is 0 Å². The third-order valence-corrected chi connectivity index (χ3v) is 7.07. The third kappa shape index (κ3) is 7.50. The summed E-state index contributed by atoms with van der Waals surface area (Å²) in [6, 6.07) is 32.7. The van der Waals surface area contributed by atoms with Crippen molar-refractivity contribution < 1.29 is 42.9 Å². The first-order chi connectivity index (χ1) is 21.4. The molecule has 0 radical (unpaired) electrons. The number of alkyl halides is 1. The van der Waals surface area contributed by atoms with Crippen LogP contribution in [0, 0.1) is 0 Å². The molecule has 1 fully saturated rings. The summed E-state index contributed by atoms with van der Waals surface area (Å²) in [5.41, 5.74) is -0.381. The van der Waals surface area contributed by atoms with Crippen LogP contribution in [0.15, 0.2) is 121 Å². The molecule has 1 aliphatic rings. The normalized spacial score (nSPS) is 19.8. The molecule has 0 aliphatic carbocycles. The van der Waals surface area contributed by atoms with Crippen LogP contribution in [-0.2, 0) is 23.7 Å². The van der Waals surface area contributed by atoms with Crippen molar-refractivity contribution in [3.8, 4) is 0 Å². The highest BCUT2D eigenvalue weighted by Crippen LogP contribution is 2.34. The molecule has 1 saturated heterocycles. The SMILES string of the molecule is O=C(OC[C@@H](OC(=O)c1ccccc1)[C@@H]1OC(Cl)[C@H](OC(=O)c2ccccc2)[C@H]1OC(=O)c1ccccc1)c1ccccc1. The van der Waals surface area contributed by atoms with Crippen molar-refractivity contribution in [2.75, 3.05) is 6.61 Å². The minimum Gasteiger partial charge on any atom is -0.458 e. The largest absolute Gasteiger partial charge is 0.458 e. The van der Waals surface area contributed by atoms with Crippen LogP contribution in [0.3, 0.4) is 0 Å². The van der Waals surface area contributed by atoms with Gasteiger partial charge in [0.25, 0.3) is 0 Å². The number of carbonyl (C=O) groups excluding carboxylic acids is 4. The summed E-state index contributed by atoms with van der Waals surface area (Å²) in [6.07, 6.45) is -5.30. The lowest BCUT2D eigenvalue weighted by molar-refractivity contribution is -0.0902. The Hall–Kier alpha value is -4.99. The van der Waals surface area contributed by atoms with Crippen molar-refractivity contribution in [3.05, 3.63) is 144 Å². The molecule has 9 nitrogen and oxygen atoms in total. The van der Waals surface area contributed by atoms with Crippen molar-refractivity contribution in [3.63, 3.8) is 0 Å². The van der Waals surface area contributed by atoms with E-state index in [0.717, 1.165) is 0 Å². The van der Waals surface area contributed by atoms with Gasteiger partial charge in [-0.05, 0) is 48.5 Å². The zero-order valence-electron chi connectivity index (χ0n) is 23.2. The second-order valence-corrected chi connectivity index (χ2v) is 10.1. The van der Waals surface area contributed by atoms with E-state index in [1.807, 2.05) is 0 Å². The van der Waals surface area contributed by atoms with E-state index < -0.39 is 60.5 Å². The Balaban J connectivity index is 1.45. The van der Waals surface area contributed by atoms with E-state index in [1.165, 1.54) is 0 Å². The van der Waals surface area contributed by atoms with Crippen LogP contribution in [0.1, 0.15) is 41.4 Å². The highest BCUT2D eigenvalue weighted by molar-refractivity contribution is 6.20. The highest BCUT2D eigenvalue weighted by atomic mass is 35.5. The van der Waals surface area contributed by atoms with Gasteiger partial charge in [0.2, 0.25) is 0 Å². The van der Waals surface area contributed by atoms with Crippen LogP contribution in [0.25, 0.3) is 0 Å². The summed E-state index contributed by atoms with van der Waals surface area (Å²) in [5.74, 6) is -2.93. The summed E-state index contributed by atoms with van der Waals surface area (Å²) in [4.78, 5) is 52.2. The van der Waals surface area contributed by atoms with Crippen LogP contribution < -0.4 is 0 Å². The summed E-state index contributed by atoms with van der Waals surface area (Å²) >= 11 is 6.55. The van der Waals surface area contributed by atoms with E-state index in [0.29, 0.717) is 0 Å². The molecule has 0 spiro atoms. The second kappa shape index (κ2) is 14.5. The molecule has 0 bridgehead atoms. The van der Waals surface area contributed by atoms with Gasteiger partial charge in [0.1, 0.15) is 12.7 Å². The lowest BCUT2D eigenvalue weighted by atomic mass is 10.1. The lowest BCUT2D eigenvalue weighted by Crippen LogP contribution is -2.47. The molecule has 224 valence electrons. The van der Waals surface area contributed by atoms with Crippen molar-refractivity contribution in [2.24, 2.45) is 0 Å². The molecule has 4 aromatic rings. The summed E-state index contributed by atoms with van der Waals surface area (Å²) in [7, 11) is 0.